The van der Waals surface area contributed by atoms with Crippen LogP contribution in [0.2, 0.25) is 0 Å². The van der Waals surface area contributed by atoms with Crippen molar-refractivity contribution >= 4 is 11.3 Å². The molecule has 4 rings (SSSR count). The molecule has 0 saturated carbocycles. The second-order valence-electron chi connectivity index (χ2n) is 6.61. The summed E-state index contributed by atoms with van der Waals surface area (Å²) in [5, 5.41) is 8.58. The number of aryl methyl sites for hydroxylation is 2. The van der Waals surface area contributed by atoms with Gasteiger partial charge < -0.3 is 4.42 Å². The zero-order valence-corrected chi connectivity index (χ0v) is 15.6. The van der Waals surface area contributed by atoms with Crippen molar-refractivity contribution in [2.24, 2.45) is 0 Å². The average molecular weight is 353 g/mol. The van der Waals surface area contributed by atoms with E-state index in [2.05, 4.69) is 65.3 Å². The Morgan fingerprint density at radius 2 is 2.08 bits per heavy atom. The summed E-state index contributed by atoms with van der Waals surface area (Å²) < 4.78 is 5.98. The molecule has 1 aliphatic rings. The molecular weight excluding hydrogens is 330 g/mol. The summed E-state index contributed by atoms with van der Waals surface area (Å²) in [5.74, 6) is 1.36. The zero-order valence-electron chi connectivity index (χ0n) is 14.7. The van der Waals surface area contributed by atoms with Crippen molar-refractivity contribution < 1.29 is 4.42 Å². The monoisotopic (exact) mass is 353 g/mol. The molecular formula is C20H23N3OS. The van der Waals surface area contributed by atoms with Crippen LogP contribution in [0.4, 0.5) is 0 Å². The fourth-order valence-electron chi connectivity index (χ4n) is 3.64. The SMILES string of the molecule is CCc1sc(-c2nnc(CN3CCCC3c3ccccc3)o2)cc1C. The predicted octanol–water partition coefficient (Wildman–Crippen LogP) is 5.01. The van der Waals surface area contributed by atoms with Crippen molar-refractivity contribution in [1.29, 1.82) is 0 Å². The zero-order chi connectivity index (χ0) is 17.2. The maximum Gasteiger partial charge on any atom is 0.257 e. The smallest absolute Gasteiger partial charge is 0.257 e. The second-order valence-corrected chi connectivity index (χ2v) is 7.75. The minimum atomic E-state index is 0.451. The lowest BCUT2D eigenvalue weighted by Crippen LogP contribution is -2.22. The summed E-state index contributed by atoms with van der Waals surface area (Å²) in [6.45, 7) is 6.12. The fraction of sp³-hybridized carbons (Fsp3) is 0.400. The predicted molar refractivity (Wildman–Crippen MR) is 101 cm³/mol. The first-order valence-electron chi connectivity index (χ1n) is 8.95. The van der Waals surface area contributed by atoms with E-state index in [-0.39, 0.29) is 0 Å². The van der Waals surface area contributed by atoms with Crippen molar-refractivity contribution in [2.75, 3.05) is 6.54 Å². The molecule has 0 radical (unpaired) electrons. The summed E-state index contributed by atoms with van der Waals surface area (Å²) in [5.41, 5.74) is 2.69. The van der Waals surface area contributed by atoms with Gasteiger partial charge in [-0.15, -0.1) is 21.5 Å². The molecule has 0 bridgehead atoms. The van der Waals surface area contributed by atoms with Crippen LogP contribution in [0.1, 0.15) is 47.7 Å². The van der Waals surface area contributed by atoms with Crippen LogP contribution in [0.25, 0.3) is 10.8 Å². The van der Waals surface area contributed by atoms with Gasteiger partial charge in [0.1, 0.15) is 0 Å². The Morgan fingerprint density at radius 1 is 1.24 bits per heavy atom. The van der Waals surface area contributed by atoms with E-state index in [0.29, 0.717) is 17.8 Å². The molecule has 25 heavy (non-hydrogen) atoms. The first-order valence-corrected chi connectivity index (χ1v) is 9.77. The Labute approximate surface area is 152 Å². The quantitative estimate of drug-likeness (QED) is 0.647. The largest absolute Gasteiger partial charge is 0.419 e. The minimum absolute atomic E-state index is 0.451. The van der Waals surface area contributed by atoms with Gasteiger partial charge in [0.25, 0.3) is 5.89 Å². The van der Waals surface area contributed by atoms with Gasteiger partial charge in [0.15, 0.2) is 0 Å². The van der Waals surface area contributed by atoms with Gasteiger partial charge >= 0.3 is 0 Å². The lowest BCUT2D eigenvalue weighted by molar-refractivity contribution is 0.224. The normalized spacial score (nSPS) is 18.1. The molecule has 1 unspecified atom stereocenters. The van der Waals surface area contributed by atoms with Gasteiger partial charge in [-0.25, -0.2) is 0 Å². The minimum Gasteiger partial charge on any atom is -0.419 e. The second kappa shape index (κ2) is 7.10. The Balaban J connectivity index is 1.50. The molecule has 0 aliphatic carbocycles. The molecule has 0 spiro atoms. The highest BCUT2D eigenvalue weighted by molar-refractivity contribution is 7.15. The summed E-state index contributed by atoms with van der Waals surface area (Å²) >= 11 is 1.76. The topological polar surface area (TPSA) is 42.2 Å². The fourth-order valence-corrected chi connectivity index (χ4v) is 4.67. The van der Waals surface area contributed by atoms with Crippen LogP contribution in [0, 0.1) is 6.92 Å². The van der Waals surface area contributed by atoms with Gasteiger partial charge in [-0.3, -0.25) is 4.90 Å². The van der Waals surface area contributed by atoms with E-state index in [0.717, 1.165) is 24.4 Å². The van der Waals surface area contributed by atoms with Crippen molar-refractivity contribution in [3.8, 4) is 10.8 Å². The number of rotatable bonds is 5. The van der Waals surface area contributed by atoms with Crippen LogP contribution >= 0.6 is 11.3 Å². The Hall–Kier alpha value is -1.98. The third-order valence-corrected chi connectivity index (χ3v) is 6.28. The molecule has 3 aromatic rings. The highest BCUT2D eigenvalue weighted by atomic mass is 32.1. The third-order valence-electron chi connectivity index (χ3n) is 4.91. The van der Waals surface area contributed by atoms with E-state index in [1.54, 1.807) is 11.3 Å². The highest BCUT2D eigenvalue weighted by Crippen LogP contribution is 2.34. The van der Waals surface area contributed by atoms with Crippen LogP contribution < -0.4 is 0 Å². The number of thiophene rings is 1. The van der Waals surface area contributed by atoms with Crippen LogP contribution in [0.3, 0.4) is 0 Å². The van der Waals surface area contributed by atoms with E-state index < -0.39 is 0 Å². The lowest BCUT2D eigenvalue weighted by Gasteiger charge is -2.23. The molecule has 5 heteroatoms. The van der Waals surface area contributed by atoms with Gasteiger partial charge in [0.2, 0.25) is 5.89 Å². The molecule has 1 saturated heterocycles. The van der Waals surface area contributed by atoms with Crippen LogP contribution in [0.5, 0.6) is 0 Å². The molecule has 2 aromatic heterocycles. The van der Waals surface area contributed by atoms with Crippen molar-refractivity contribution in [3.05, 3.63) is 58.3 Å². The van der Waals surface area contributed by atoms with Gasteiger partial charge in [0.05, 0.1) is 11.4 Å². The number of nitrogens with zero attached hydrogens (tertiary/aromatic N) is 3. The molecule has 0 amide bonds. The molecule has 130 valence electrons. The molecule has 4 nitrogen and oxygen atoms in total. The van der Waals surface area contributed by atoms with Gasteiger partial charge in [-0.1, -0.05) is 37.3 Å². The summed E-state index contributed by atoms with van der Waals surface area (Å²) in [4.78, 5) is 4.91. The Kier molecular flexibility index (Phi) is 4.68. The maximum atomic E-state index is 5.98. The van der Waals surface area contributed by atoms with E-state index in [1.807, 2.05) is 0 Å². The van der Waals surface area contributed by atoms with E-state index >= 15 is 0 Å². The summed E-state index contributed by atoms with van der Waals surface area (Å²) in [6, 6.07) is 13.3. The number of benzene rings is 1. The number of aromatic nitrogens is 2. The van der Waals surface area contributed by atoms with Crippen molar-refractivity contribution in [1.82, 2.24) is 15.1 Å². The first kappa shape index (κ1) is 16.5. The highest BCUT2D eigenvalue weighted by Gasteiger charge is 2.27. The average Bonchev–Trinajstić information content (AvgIpc) is 3.36. The van der Waals surface area contributed by atoms with Crippen molar-refractivity contribution in [2.45, 2.75) is 45.7 Å². The van der Waals surface area contributed by atoms with E-state index in [1.165, 1.54) is 28.8 Å². The van der Waals surface area contributed by atoms with Crippen LogP contribution in [0.15, 0.2) is 40.8 Å². The maximum absolute atomic E-state index is 5.98. The van der Waals surface area contributed by atoms with Gasteiger partial charge in [-0.2, -0.15) is 0 Å². The molecule has 1 aromatic carbocycles. The molecule has 1 fully saturated rings. The van der Waals surface area contributed by atoms with Gasteiger partial charge in [0, 0.05) is 10.9 Å². The summed E-state index contributed by atoms with van der Waals surface area (Å²) in [7, 11) is 0. The van der Waals surface area contributed by atoms with E-state index in [4.69, 9.17) is 4.42 Å². The number of likely N-dealkylation sites (tertiary alicyclic amines) is 1. The standard InChI is InChI=1S/C20H23N3OS/c1-3-17-14(2)12-18(25-17)20-22-21-19(24-20)13-23-11-7-10-16(23)15-8-5-4-6-9-15/h4-6,8-9,12,16H,3,7,10-11,13H2,1-2H3. The number of hydrogen-bond acceptors (Lipinski definition) is 5. The number of hydrogen-bond donors (Lipinski definition) is 0. The lowest BCUT2D eigenvalue weighted by atomic mass is 10.0. The van der Waals surface area contributed by atoms with Crippen LogP contribution in [-0.4, -0.2) is 21.6 Å². The first-order chi connectivity index (χ1) is 12.2. The van der Waals surface area contributed by atoms with Crippen LogP contribution in [-0.2, 0) is 13.0 Å². The molecule has 1 atom stereocenters. The summed E-state index contributed by atoms with van der Waals surface area (Å²) in [6.07, 6.45) is 3.45. The Bertz CT molecular complexity index is 840. The third kappa shape index (κ3) is 3.39. The van der Waals surface area contributed by atoms with Gasteiger partial charge in [-0.05, 0) is 49.9 Å². The molecule has 3 heterocycles. The molecule has 0 N–H and O–H groups in total. The molecule has 1 aliphatic heterocycles. The van der Waals surface area contributed by atoms with Crippen molar-refractivity contribution in [3.63, 3.8) is 0 Å². The van der Waals surface area contributed by atoms with E-state index in [9.17, 15) is 0 Å². The Morgan fingerprint density at radius 3 is 2.84 bits per heavy atom.